The molecule has 0 fully saturated rings. The van der Waals surface area contributed by atoms with Crippen molar-refractivity contribution in [1.82, 2.24) is 0 Å². The summed E-state index contributed by atoms with van der Waals surface area (Å²) < 4.78 is 68.4. The first-order valence-corrected chi connectivity index (χ1v) is 41.1. The zero-order chi connectivity index (χ0) is 73.2. The van der Waals surface area contributed by atoms with E-state index >= 15 is 0 Å². The second-order valence-electron chi connectivity index (χ2n) is 24.8. The number of esters is 4. The molecule has 5 atom stereocenters. The van der Waals surface area contributed by atoms with Crippen molar-refractivity contribution in [2.45, 2.75) is 303 Å². The van der Waals surface area contributed by atoms with Crippen LogP contribution in [-0.4, -0.2) is 96.7 Å². The zero-order valence-electron chi connectivity index (χ0n) is 62.1. The Morgan fingerprint density at radius 1 is 0.290 bits per heavy atom. The minimum absolute atomic E-state index is 0.0630. The van der Waals surface area contributed by atoms with Gasteiger partial charge in [0.15, 0.2) is 12.2 Å². The van der Waals surface area contributed by atoms with Gasteiger partial charge in [0.1, 0.15) is 19.3 Å². The van der Waals surface area contributed by atoms with Crippen molar-refractivity contribution in [3.63, 3.8) is 0 Å². The lowest BCUT2D eigenvalue weighted by molar-refractivity contribution is -0.161. The van der Waals surface area contributed by atoms with Crippen LogP contribution in [0.4, 0.5) is 0 Å². The largest absolute Gasteiger partial charge is 0.472 e. The van der Waals surface area contributed by atoms with Gasteiger partial charge < -0.3 is 33.8 Å². The van der Waals surface area contributed by atoms with Gasteiger partial charge in [0, 0.05) is 25.7 Å². The average molecular weight is 1440 g/mol. The van der Waals surface area contributed by atoms with Crippen LogP contribution in [-0.2, 0) is 65.4 Å². The van der Waals surface area contributed by atoms with Gasteiger partial charge in [0.2, 0.25) is 0 Å². The summed E-state index contributed by atoms with van der Waals surface area (Å²) in [6.07, 6.45) is 81.3. The van der Waals surface area contributed by atoms with Gasteiger partial charge >= 0.3 is 39.5 Å². The Morgan fingerprint density at radius 3 is 0.820 bits per heavy atom. The number of allylic oxidation sites excluding steroid dienone is 24. The first-order valence-electron chi connectivity index (χ1n) is 38.1. The van der Waals surface area contributed by atoms with Crippen LogP contribution in [0.2, 0.25) is 0 Å². The Hall–Kier alpha value is -5.06. The zero-order valence-corrected chi connectivity index (χ0v) is 63.9. The van der Waals surface area contributed by atoms with Crippen LogP contribution < -0.4 is 0 Å². The number of aliphatic hydroxyl groups excluding tert-OH is 1. The van der Waals surface area contributed by atoms with E-state index in [1.807, 2.05) is 0 Å². The smallest absolute Gasteiger partial charge is 0.462 e. The Labute approximate surface area is 605 Å². The quantitative estimate of drug-likeness (QED) is 0.0169. The fourth-order valence-electron chi connectivity index (χ4n) is 9.55. The highest BCUT2D eigenvalue weighted by molar-refractivity contribution is 7.47. The highest BCUT2D eigenvalue weighted by Gasteiger charge is 2.30. The van der Waals surface area contributed by atoms with Crippen molar-refractivity contribution in [2.24, 2.45) is 0 Å². The van der Waals surface area contributed by atoms with Crippen LogP contribution in [0.15, 0.2) is 146 Å². The monoisotopic (exact) mass is 1440 g/mol. The van der Waals surface area contributed by atoms with Crippen molar-refractivity contribution < 1.29 is 80.2 Å². The third-order valence-electron chi connectivity index (χ3n) is 15.3. The molecule has 0 aromatic heterocycles. The van der Waals surface area contributed by atoms with Gasteiger partial charge in [-0.3, -0.25) is 37.3 Å². The molecule has 17 nitrogen and oxygen atoms in total. The van der Waals surface area contributed by atoms with Gasteiger partial charge in [-0.1, -0.05) is 251 Å². The first kappa shape index (κ1) is 94.9. The molecule has 0 rings (SSSR count). The van der Waals surface area contributed by atoms with E-state index in [4.69, 9.17) is 37.0 Å². The Balaban J connectivity index is 5.40. The molecular formula is C81H134O17P2. The standard InChI is InChI=1S/C81H134O17P2/c1-5-9-13-17-21-25-29-32-35-36-37-38-41-43-47-50-54-58-62-66-79(84)92-72-77(98-81(86)68-64-60-56-52-48-44-40-34-31-27-23-19-15-11-7-3)74-96-100(89,90)94-70-75(82)69-93-99(87,88)95-73-76(97-80(85)67-63-59-55-51-45-28-24-20-16-12-8-4)71-91-78(83)65-61-57-53-49-46-42-39-33-30-26-22-18-14-10-6-2/h9-11,13-15,20-27,32-35,37-40,43,47,75-77,82H,5-8,12,16-19,28-31,36,41-42,44-46,48-74H2,1-4H3,(H,87,88)(H,89,90)/b13-9-,14-10-,15-11-,24-20-,25-21-,26-22-,27-23-,35-32-,38-37-,39-33-,40-34-,47-43-. The minimum atomic E-state index is -4.99. The Kier molecular flexibility index (Phi) is 68.6. The van der Waals surface area contributed by atoms with Crippen molar-refractivity contribution >= 4 is 39.5 Å². The van der Waals surface area contributed by atoms with Crippen LogP contribution in [0, 0.1) is 0 Å². The molecule has 0 aromatic rings. The highest BCUT2D eigenvalue weighted by atomic mass is 31.2. The number of phosphoric acid groups is 2. The number of phosphoric ester groups is 2. The predicted octanol–water partition coefficient (Wildman–Crippen LogP) is 21.9. The molecule has 0 spiro atoms. The molecule has 570 valence electrons. The number of aliphatic hydroxyl groups is 1. The van der Waals surface area contributed by atoms with E-state index < -0.39 is 97.5 Å². The summed E-state index contributed by atoms with van der Waals surface area (Å²) in [6.45, 7) is 4.39. The number of hydrogen-bond donors (Lipinski definition) is 3. The maximum Gasteiger partial charge on any atom is 0.472 e. The minimum Gasteiger partial charge on any atom is -0.462 e. The second kappa shape index (κ2) is 72.3. The van der Waals surface area contributed by atoms with E-state index in [1.54, 1.807) is 0 Å². The van der Waals surface area contributed by atoms with E-state index in [2.05, 4.69) is 174 Å². The topological polar surface area (TPSA) is 237 Å². The predicted molar refractivity (Wildman–Crippen MR) is 408 cm³/mol. The van der Waals surface area contributed by atoms with Gasteiger partial charge in [-0.15, -0.1) is 0 Å². The third kappa shape index (κ3) is 71.3. The summed E-state index contributed by atoms with van der Waals surface area (Å²) in [5.74, 6) is -2.27. The van der Waals surface area contributed by atoms with Crippen LogP contribution >= 0.6 is 15.6 Å². The molecule has 0 aliphatic rings. The van der Waals surface area contributed by atoms with Crippen molar-refractivity contribution in [2.75, 3.05) is 39.6 Å². The summed E-state index contributed by atoms with van der Waals surface area (Å²) in [7, 11) is -9.98. The normalized spacial score (nSPS) is 14.8. The second-order valence-corrected chi connectivity index (χ2v) is 27.7. The highest BCUT2D eigenvalue weighted by Crippen LogP contribution is 2.45. The van der Waals surface area contributed by atoms with E-state index in [0.29, 0.717) is 25.7 Å². The molecule has 0 saturated carbocycles. The molecule has 5 unspecified atom stereocenters. The molecule has 3 N–H and O–H groups in total. The Bertz CT molecular complexity index is 2470. The number of unbranched alkanes of at least 4 members (excludes halogenated alkanes) is 20. The summed E-state index contributed by atoms with van der Waals surface area (Å²) >= 11 is 0. The average Bonchev–Trinajstić information content (AvgIpc) is 0.985. The number of hydrogen-bond acceptors (Lipinski definition) is 15. The SMILES string of the molecule is CC/C=C\C/C=C\C/C=C\C/C=C\C/C=C\CCCCCC(=O)OCC(COP(=O)(O)OCC(O)COP(=O)(O)OCC(COC(=O)CCCCCCC/C=C\C/C=C\C/C=C\CC)OC(=O)CCCCCCC/C=C\CCCC)OC(=O)CCCCCCC/C=C\C/C=C\C/C=C\CC. The first-order chi connectivity index (χ1) is 48.7. The van der Waals surface area contributed by atoms with Gasteiger partial charge in [0.25, 0.3) is 0 Å². The van der Waals surface area contributed by atoms with Crippen molar-refractivity contribution in [3.05, 3.63) is 146 Å². The van der Waals surface area contributed by atoms with Crippen LogP contribution in [0.25, 0.3) is 0 Å². The molecule has 0 heterocycles. The molecule has 0 bridgehead atoms. The summed E-state index contributed by atoms with van der Waals surface area (Å²) in [6, 6.07) is 0. The van der Waals surface area contributed by atoms with Gasteiger partial charge in [0.05, 0.1) is 26.4 Å². The molecule has 100 heavy (non-hydrogen) atoms. The number of carbonyl (C=O) groups is 4. The molecule has 0 aliphatic carbocycles. The lowest BCUT2D eigenvalue weighted by Crippen LogP contribution is -2.30. The van der Waals surface area contributed by atoms with E-state index in [0.717, 1.165) is 193 Å². The van der Waals surface area contributed by atoms with Crippen LogP contribution in [0.5, 0.6) is 0 Å². The maximum absolute atomic E-state index is 13.1. The summed E-state index contributed by atoms with van der Waals surface area (Å²) in [5.41, 5.74) is 0. The molecule has 0 aliphatic heterocycles. The Morgan fingerprint density at radius 2 is 0.520 bits per heavy atom. The summed E-state index contributed by atoms with van der Waals surface area (Å²) in [4.78, 5) is 72.8. The fraction of sp³-hybridized carbons (Fsp3) is 0.654. The third-order valence-corrected chi connectivity index (χ3v) is 17.2. The van der Waals surface area contributed by atoms with Crippen LogP contribution in [0.1, 0.15) is 285 Å². The maximum atomic E-state index is 13.1. The van der Waals surface area contributed by atoms with Gasteiger partial charge in [-0.2, -0.15) is 0 Å². The molecule has 0 aromatic carbocycles. The number of rotatable bonds is 70. The van der Waals surface area contributed by atoms with Crippen LogP contribution in [0.3, 0.4) is 0 Å². The fourth-order valence-corrected chi connectivity index (χ4v) is 11.1. The molecule has 0 saturated heterocycles. The number of carbonyl (C=O) groups excluding carboxylic acids is 4. The lowest BCUT2D eigenvalue weighted by Gasteiger charge is -2.21. The van der Waals surface area contributed by atoms with Crippen molar-refractivity contribution in [3.8, 4) is 0 Å². The molecular weight excluding hydrogens is 1310 g/mol. The van der Waals surface area contributed by atoms with Gasteiger partial charge in [-0.05, 0) is 154 Å². The molecule has 0 amide bonds. The van der Waals surface area contributed by atoms with Crippen molar-refractivity contribution in [1.29, 1.82) is 0 Å². The van der Waals surface area contributed by atoms with E-state index in [-0.39, 0.29) is 25.7 Å². The molecule has 19 heteroatoms. The van der Waals surface area contributed by atoms with Gasteiger partial charge in [-0.25, -0.2) is 9.13 Å². The summed E-state index contributed by atoms with van der Waals surface area (Å²) in [5, 5.41) is 10.6. The molecule has 0 radical (unpaired) electrons. The van der Waals surface area contributed by atoms with E-state index in [1.165, 1.54) is 12.8 Å². The number of ether oxygens (including phenoxy) is 4. The van der Waals surface area contributed by atoms with E-state index in [9.17, 15) is 43.2 Å². The lowest BCUT2D eigenvalue weighted by atomic mass is 10.1.